The number of rotatable bonds is 5. The first-order valence-electron chi connectivity index (χ1n) is 11.6. The van der Waals surface area contributed by atoms with E-state index in [9.17, 15) is 22.4 Å². The largest absolute Gasteiger partial charge is 0.416 e. The summed E-state index contributed by atoms with van der Waals surface area (Å²) in [5.74, 6) is -0.970. The van der Waals surface area contributed by atoms with E-state index in [0.29, 0.717) is 34.6 Å². The minimum Gasteiger partial charge on any atom is -0.365 e. The van der Waals surface area contributed by atoms with Gasteiger partial charge in [-0.15, -0.1) is 0 Å². The molecular formula is C25H21ClF4N6O. The minimum absolute atomic E-state index is 0.0381. The van der Waals surface area contributed by atoms with Gasteiger partial charge >= 0.3 is 6.18 Å². The van der Waals surface area contributed by atoms with Crippen LogP contribution < -0.4 is 5.32 Å². The number of nitrogens with zero attached hydrogens (tertiary/aromatic N) is 4. The van der Waals surface area contributed by atoms with Crippen molar-refractivity contribution in [3.05, 3.63) is 70.9 Å². The van der Waals surface area contributed by atoms with E-state index in [1.165, 1.54) is 18.3 Å². The Morgan fingerprint density at radius 3 is 2.84 bits per heavy atom. The molecule has 0 spiro atoms. The summed E-state index contributed by atoms with van der Waals surface area (Å²) in [6.45, 7) is 0.557. The fourth-order valence-electron chi connectivity index (χ4n) is 4.47. The van der Waals surface area contributed by atoms with Gasteiger partial charge in [0.2, 0.25) is 0 Å². The number of halogens is 5. The number of hydrogen-bond donors (Lipinski definition) is 2. The number of aromatic amines is 1. The number of alkyl halides is 3. The number of hydrogen-bond acceptors (Lipinski definition) is 5. The Hall–Kier alpha value is -3.73. The molecule has 1 aliphatic heterocycles. The highest BCUT2D eigenvalue weighted by atomic mass is 35.5. The summed E-state index contributed by atoms with van der Waals surface area (Å²) in [4.78, 5) is 30.3. The summed E-state index contributed by atoms with van der Waals surface area (Å²) in [7, 11) is 0. The maximum absolute atomic E-state index is 14.6. The second-order valence-electron chi connectivity index (χ2n) is 8.75. The Balaban J connectivity index is 1.36. The summed E-state index contributed by atoms with van der Waals surface area (Å²) in [5.41, 5.74) is 0.248. The van der Waals surface area contributed by atoms with E-state index in [1.54, 1.807) is 17.2 Å². The lowest BCUT2D eigenvalue weighted by molar-refractivity contribution is -0.137. The highest BCUT2D eigenvalue weighted by molar-refractivity contribution is 6.31. The van der Waals surface area contributed by atoms with Crippen LogP contribution in [0.3, 0.4) is 0 Å². The van der Waals surface area contributed by atoms with Crippen LogP contribution in [0.2, 0.25) is 5.02 Å². The number of aromatic nitrogens is 4. The number of fused-ring (bicyclic) bond motifs is 1. The molecule has 1 saturated heterocycles. The van der Waals surface area contributed by atoms with Gasteiger partial charge in [0, 0.05) is 48.0 Å². The van der Waals surface area contributed by atoms with Crippen LogP contribution in [0.5, 0.6) is 0 Å². The SMILES string of the molecule is O=C(c1cccc(C(F)(F)F)c1)N1CCCC[C@@H]1CNc1nc(-c2c[nH]c3ncc(Cl)cc23)ncc1F. The van der Waals surface area contributed by atoms with Gasteiger partial charge in [-0.1, -0.05) is 17.7 Å². The molecule has 4 aromatic rings. The number of carbonyl (C=O) groups is 1. The van der Waals surface area contributed by atoms with E-state index in [1.807, 2.05) is 0 Å². The van der Waals surface area contributed by atoms with Crippen molar-refractivity contribution in [3.8, 4) is 11.4 Å². The van der Waals surface area contributed by atoms with Gasteiger partial charge in [-0.3, -0.25) is 4.79 Å². The van der Waals surface area contributed by atoms with E-state index in [0.717, 1.165) is 31.2 Å². The Morgan fingerprint density at radius 1 is 1.19 bits per heavy atom. The van der Waals surface area contributed by atoms with Crippen molar-refractivity contribution in [2.45, 2.75) is 31.5 Å². The molecule has 1 aliphatic rings. The lowest BCUT2D eigenvalue weighted by Gasteiger charge is -2.36. The van der Waals surface area contributed by atoms with Crippen LogP contribution in [-0.2, 0) is 6.18 Å². The molecule has 0 bridgehead atoms. The van der Waals surface area contributed by atoms with Crippen molar-refractivity contribution in [2.24, 2.45) is 0 Å². The minimum atomic E-state index is -4.55. The molecule has 0 radical (unpaired) electrons. The molecule has 7 nitrogen and oxygen atoms in total. The topological polar surface area (TPSA) is 86.8 Å². The summed E-state index contributed by atoms with van der Waals surface area (Å²) in [6, 6.07) is 5.73. The molecule has 1 amide bonds. The number of pyridine rings is 1. The molecule has 2 N–H and O–H groups in total. The van der Waals surface area contributed by atoms with Crippen LogP contribution in [0.15, 0.2) is 48.9 Å². The highest BCUT2D eigenvalue weighted by Gasteiger charge is 2.33. The van der Waals surface area contributed by atoms with Crippen molar-refractivity contribution in [1.29, 1.82) is 0 Å². The molecule has 1 fully saturated rings. The Labute approximate surface area is 213 Å². The number of piperidine rings is 1. The van der Waals surface area contributed by atoms with E-state index < -0.39 is 23.5 Å². The lowest BCUT2D eigenvalue weighted by Crippen LogP contribution is -2.47. The van der Waals surface area contributed by atoms with Gasteiger partial charge in [-0.05, 0) is 43.5 Å². The molecule has 4 heterocycles. The molecular weight excluding hydrogens is 512 g/mol. The van der Waals surface area contributed by atoms with Gasteiger partial charge in [0.05, 0.1) is 16.8 Å². The standard InChI is InChI=1S/C25H21ClF4N6O/c26-16-9-18-19(12-33-21(18)31-10-16)22-34-13-20(27)23(35-22)32-11-17-6-1-2-7-36(17)24(37)14-4-3-5-15(8-14)25(28,29)30/h3-5,8-10,12-13,17H,1-2,6-7,11H2,(H,31,33)(H,32,34,35)/t17-/m1/s1. The number of carbonyl (C=O) groups excluding carboxylic acids is 1. The summed E-state index contributed by atoms with van der Waals surface area (Å²) in [6.07, 6.45) is 1.83. The summed E-state index contributed by atoms with van der Waals surface area (Å²) in [5, 5.41) is 4.07. The molecule has 192 valence electrons. The third-order valence-electron chi connectivity index (χ3n) is 6.31. The van der Waals surface area contributed by atoms with E-state index >= 15 is 0 Å². The molecule has 12 heteroatoms. The van der Waals surface area contributed by atoms with Crippen molar-refractivity contribution >= 4 is 34.4 Å². The highest BCUT2D eigenvalue weighted by Crippen LogP contribution is 2.31. The Kier molecular flexibility index (Phi) is 6.72. The summed E-state index contributed by atoms with van der Waals surface area (Å²) >= 11 is 6.06. The third-order valence-corrected chi connectivity index (χ3v) is 6.52. The van der Waals surface area contributed by atoms with Crippen LogP contribution >= 0.6 is 11.6 Å². The van der Waals surface area contributed by atoms with Crippen molar-refractivity contribution in [1.82, 2.24) is 24.8 Å². The molecule has 0 unspecified atom stereocenters. The predicted octanol–water partition coefficient (Wildman–Crippen LogP) is 5.94. The molecule has 37 heavy (non-hydrogen) atoms. The average Bonchev–Trinajstić information content (AvgIpc) is 3.30. The van der Waals surface area contributed by atoms with Crippen LogP contribution in [0.1, 0.15) is 35.2 Å². The fourth-order valence-corrected chi connectivity index (χ4v) is 4.63. The number of anilines is 1. The zero-order chi connectivity index (χ0) is 26.2. The quantitative estimate of drug-likeness (QED) is 0.311. The smallest absolute Gasteiger partial charge is 0.365 e. The lowest BCUT2D eigenvalue weighted by atomic mass is 10.00. The second kappa shape index (κ2) is 9.97. The summed E-state index contributed by atoms with van der Waals surface area (Å²) < 4.78 is 54.0. The van der Waals surface area contributed by atoms with E-state index in [2.05, 4.69) is 25.3 Å². The first-order chi connectivity index (χ1) is 17.7. The van der Waals surface area contributed by atoms with Crippen LogP contribution in [-0.4, -0.2) is 49.9 Å². The molecule has 0 aliphatic carbocycles. The van der Waals surface area contributed by atoms with Gasteiger partial charge in [-0.2, -0.15) is 13.2 Å². The maximum Gasteiger partial charge on any atom is 0.416 e. The molecule has 1 aromatic carbocycles. The number of H-pyrrole nitrogens is 1. The molecule has 3 aromatic heterocycles. The van der Waals surface area contributed by atoms with Crippen molar-refractivity contribution in [2.75, 3.05) is 18.4 Å². The van der Waals surface area contributed by atoms with Crippen molar-refractivity contribution < 1.29 is 22.4 Å². The third kappa shape index (κ3) is 5.22. The number of likely N-dealkylation sites (tertiary alicyclic amines) is 1. The molecule has 1 atom stereocenters. The van der Waals surface area contributed by atoms with Gasteiger partial charge in [0.25, 0.3) is 5.91 Å². The van der Waals surface area contributed by atoms with Crippen LogP contribution in [0.4, 0.5) is 23.4 Å². The average molecular weight is 533 g/mol. The van der Waals surface area contributed by atoms with Gasteiger partial charge in [0.1, 0.15) is 5.65 Å². The van der Waals surface area contributed by atoms with Crippen LogP contribution in [0.25, 0.3) is 22.4 Å². The molecule has 5 rings (SSSR count). The van der Waals surface area contributed by atoms with E-state index in [4.69, 9.17) is 11.6 Å². The second-order valence-corrected chi connectivity index (χ2v) is 9.19. The van der Waals surface area contributed by atoms with Gasteiger partial charge < -0.3 is 15.2 Å². The zero-order valence-electron chi connectivity index (χ0n) is 19.3. The van der Waals surface area contributed by atoms with Crippen molar-refractivity contribution in [3.63, 3.8) is 0 Å². The number of benzene rings is 1. The van der Waals surface area contributed by atoms with Gasteiger partial charge in [0.15, 0.2) is 17.5 Å². The Bertz CT molecular complexity index is 1460. The number of nitrogens with one attached hydrogen (secondary N) is 2. The first-order valence-corrected chi connectivity index (χ1v) is 12.0. The van der Waals surface area contributed by atoms with E-state index in [-0.39, 0.29) is 29.8 Å². The monoisotopic (exact) mass is 532 g/mol. The van der Waals surface area contributed by atoms with Gasteiger partial charge in [-0.25, -0.2) is 19.3 Å². The maximum atomic E-state index is 14.6. The first kappa shape index (κ1) is 24.9. The number of amides is 1. The molecule has 0 saturated carbocycles. The fraction of sp³-hybridized carbons (Fsp3) is 0.280. The zero-order valence-corrected chi connectivity index (χ0v) is 20.1. The normalized spacial score (nSPS) is 16.2. The van der Waals surface area contributed by atoms with Crippen LogP contribution in [0, 0.1) is 5.82 Å². The Morgan fingerprint density at radius 2 is 2.03 bits per heavy atom. The predicted molar refractivity (Wildman–Crippen MR) is 131 cm³/mol.